The van der Waals surface area contributed by atoms with Crippen LogP contribution in [0.4, 0.5) is 4.39 Å². The van der Waals surface area contributed by atoms with Gasteiger partial charge in [-0.2, -0.15) is 0 Å². The van der Waals surface area contributed by atoms with E-state index in [4.69, 9.17) is 9.47 Å². The van der Waals surface area contributed by atoms with Crippen LogP contribution in [0.25, 0.3) is 0 Å². The summed E-state index contributed by atoms with van der Waals surface area (Å²) in [6.07, 6.45) is 0.739. The van der Waals surface area contributed by atoms with Gasteiger partial charge in [-0.25, -0.2) is 4.39 Å². The number of hydrogen-bond donors (Lipinski definition) is 1. The summed E-state index contributed by atoms with van der Waals surface area (Å²) < 4.78 is 26.4. The predicted molar refractivity (Wildman–Crippen MR) is 120 cm³/mol. The van der Waals surface area contributed by atoms with Gasteiger partial charge in [-0.3, -0.25) is 9.69 Å². The van der Waals surface area contributed by atoms with E-state index >= 15 is 0 Å². The van der Waals surface area contributed by atoms with Crippen molar-refractivity contribution in [2.75, 3.05) is 26.8 Å². The Balaban J connectivity index is 1.34. The summed E-state index contributed by atoms with van der Waals surface area (Å²) in [5.74, 6) is 1.94. The number of aromatic nitrogens is 3. The second kappa shape index (κ2) is 10.4. The molecule has 9 heteroatoms. The fourth-order valence-electron chi connectivity index (χ4n) is 3.94. The minimum absolute atomic E-state index is 0.0652. The Morgan fingerprint density at radius 3 is 2.76 bits per heavy atom. The Hall–Kier alpha value is -3.46. The Bertz CT molecular complexity index is 1090. The zero-order valence-electron chi connectivity index (χ0n) is 18.8. The van der Waals surface area contributed by atoms with E-state index in [0.717, 1.165) is 36.7 Å². The molecule has 2 aromatic carbocycles. The second-order valence-electron chi connectivity index (χ2n) is 8.01. The first-order valence-corrected chi connectivity index (χ1v) is 11.0. The second-order valence-corrected chi connectivity index (χ2v) is 8.01. The van der Waals surface area contributed by atoms with E-state index < -0.39 is 0 Å². The summed E-state index contributed by atoms with van der Waals surface area (Å²) in [4.78, 5) is 14.6. The number of ether oxygens (including phenoxy) is 2. The van der Waals surface area contributed by atoms with Crippen molar-refractivity contribution in [3.63, 3.8) is 0 Å². The quantitative estimate of drug-likeness (QED) is 0.565. The van der Waals surface area contributed by atoms with Crippen LogP contribution >= 0.6 is 0 Å². The number of methoxy groups -OCH3 is 1. The molecular weight excluding hydrogens is 425 g/mol. The van der Waals surface area contributed by atoms with Gasteiger partial charge in [0.05, 0.1) is 13.2 Å². The lowest BCUT2D eigenvalue weighted by Crippen LogP contribution is -2.33. The molecule has 2 heterocycles. The molecule has 0 radical (unpaired) electrons. The van der Waals surface area contributed by atoms with Crippen molar-refractivity contribution < 1.29 is 18.7 Å². The zero-order chi connectivity index (χ0) is 23.2. The fraction of sp³-hybridized carbons (Fsp3) is 0.375. The number of rotatable bonds is 8. The topological polar surface area (TPSA) is 81.5 Å². The highest BCUT2D eigenvalue weighted by atomic mass is 19.1. The van der Waals surface area contributed by atoms with Gasteiger partial charge in [0.15, 0.2) is 24.0 Å². The van der Waals surface area contributed by atoms with Crippen LogP contribution in [0.3, 0.4) is 0 Å². The molecule has 1 aromatic heterocycles. The summed E-state index contributed by atoms with van der Waals surface area (Å²) in [5.41, 5.74) is 0.991. The molecule has 8 nitrogen and oxygen atoms in total. The molecule has 4 rings (SSSR count). The minimum atomic E-state index is -0.363. The number of hydrogen-bond acceptors (Lipinski definition) is 6. The summed E-state index contributed by atoms with van der Waals surface area (Å²) in [6, 6.07) is 13.9. The zero-order valence-corrected chi connectivity index (χ0v) is 18.8. The first-order chi connectivity index (χ1) is 16.0. The molecule has 1 atom stereocenters. The van der Waals surface area contributed by atoms with Crippen LogP contribution in [0.5, 0.6) is 11.5 Å². The summed E-state index contributed by atoms with van der Waals surface area (Å²) in [5, 5.41) is 11.6. The lowest BCUT2D eigenvalue weighted by atomic mass is 10.2. The van der Waals surface area contributed by atoms with E-state index in [1.165, 1.54) is 13.2 Å². The van der Waals surface area contributed by atoms with Crippen molar-refractivity contribution in [2.24, 2.45) is 0 Å². The standard InChI is InChI=1S/C24H28FN5O3/c1-17(26-23(31)16-33-19-6-4-3-5-7-19)24-28-27-22-10-11-29(12-13-30(22)24)15-18-8-9-20(25)21(14-18)32-2/h3-9,14,17H,10-13,15-16H2,1-2H3,(H,26,31)/t17-/m1/s1. The van der Waals surface area contributed by atoms with Crippen molar-refractivity contribution in [1.82, 2.24) is 25.0 Å². The fourth-order valence-corrected chi connectivity index (χ4v) is 3.94. The lowest BCUT2D eigenvalue weighted by molar-refractivity contribution is -0.123. The molecule has 1 aliphatic heterocycles. The van der Waals surface area contributed by atoms with Gasteiger partial charge < -0.3 is 19.4 Å². The van der Waals surface area contributed by atoms with Crippen molar-refractivity contribution in [3.05, 3.63) is 71.6 Å². The van der Waals surface area contributed by atoms with E-state index in [9.17, 15) is 9.18 Å². The number of halogens is 1. The molecule has 0 fully saturated rings. The number of nitrogens with one attached hydrogen (secondary N) is 1. The van der Waals surface area contributed by atoms with E-state index in [0.29, 0.717) is 18.8 Å². The Morgan fingerprint density at radius 2 is 1.97 bits per heavy atom. The predicted octanol–water partition coefficient (Wildman–Crippen LogP) is 2.74. The molecule has 0 spiro atoms. The van der Waals surface area contributed by atoms with Crippen LogP contribution < -0.4 is 14.8 Å². The normalized spacial score (nSPS) is 14.8. The van der Waals surface area contributed by atoms with E-state index in [1.807, 2.05) is 37.3 Å². The highest BCUT2D eigenvalue weighted by Gasteiger charge is 2.23. The third-order valence-electron chi connectivity index (χ3n) is 5.65. The number of para-hydroxylation sites is 1. The van der Waals surface area contributed by atoms with E-state index in [1.54, 1.807) is 12.1 Å². The van der Waals surface area contributed by atoms with Gasteiger partial charge in [0.2, 0.25) is 0 Å². The first-order valence-electron chi connectivity index (χ1n) is 11.0. The molecule has 1 aliphatic rings. The molecule has 0 aliphatic carbocycles. The number of fused-ring (bicyclic) bond motifs is 1. The Kier molecular flexibility index (Phi) is 7.19. The molecule has 3 aromatic rings. The third-order valence-corrected chi connectivity index (χ3v) is 5.65. The van der Waals surface area contributed by atoms with Crippen LogP contribution in [0.15, 0.2) is 48.5 Å². The SMILES string of the molecule is COc1cc(CN2CCc3nnc([C@@H](C)NC(=O)COc4ccccc4)n3CC2)ccc1F. The van der Waals surface area contributed by atoms with Crippen molar-refractivity contribution >= 4 is 5.91 Å². The maximum absolute atomic E-state index is 13.7. The average Bonchev–Trinajstić information content (AvgIpc) is 3.14. The van der Waals surface area contributed by atoms with Gasteiger partial charge in [-0.05, 0) is 36.8 Å². The highest BCUT2D eigenvalue weighted by Crippen LogP contribution is 2.21. The van der Waals surface area contributed by atoms with Crippen LogP contribution in [0.2, 0.25) is 0 Å². The molecule has 1 amide bonds. The summed E-state index contributed by atoms with van der Waals surface area (Å²) in [6.45, 7) is 4.82. The molecule has 0 saturated heterocycles. The van der Waals surface area contributed by atoms with Gasteiger partial charge >= 0.3 is 0 Å². The Labute approximate surface area is 192 Å². The summed E-state index contributed by atoms with van der Waals surface area (Å²) >= 11 is 0. The third kappa shape index (κ3) is 5.67. The highest BCUT2D eigenvalue weighted by molar-refractivity contribution is 5.77. The minimum Gasteiger partial charge on any atom is -0.494 e. The monoisotopic (exact) mass is 453 g/mol. The lowest BCUT2D eigenvalue weighted by Gasteiger charge is -2.20. The van der Waals surface area contributed by atoms with Gasteiger partial charge in [0.25, 0.3) is 5.91 Å². The number of nitrogens with zero attached hydrogens (tertiary/aromatic N) is 4. The first kappa shape index (κ1) is 22.7. The average molecular weight is 454 g/mol. The molecule has 33 heavy (non-hydrogen) atoms. The van der Waals surface area contributed by atoms with Crippen LogP contribution in [-0.2, 0) is 24.3 Å². The van der Waals surface area contributed by atoms with Crippen molar-refractivity contribution in [3.8, 4) is 11.5 Å². The maximum atomic E-state index is 13.7. The van der Waals surface area contributed by atoms with E-state index in [2.05, 4.69) is 25.0 Å². The van der Waals surface area contributed by atoms with Gasteiger partial charge in [-0.1, -0.05) is 24.3 Å². The number of amides is 1. The van der Waals surface area contributed by atoms with Crippen LogP contribution in [0, 0.1) is 5.82 Å². The van der Waals surface area contributed by atoms with Crippen LogP contribution in [0.1, 0.15) is 30.2 Å². The largest absolute Gasteiger partial charge is 0.494 e. The number of benzene rings is 2. The smallest absolute Gasteiger partial charge is 0.258 e. The Morgan fingerprint density at radius 1 is 1.15 bits per heavy atom. The molecule has 1 N–H and O–H groups in total. The van der Waals surface area contributed by atoms with Crippen molar-refractivity contribution in [1.29, 1.82) is 0 Å². The summed E-state index contributed by atoms with van der Waals surface area (Å²) in [7, 11) is 1.47. The molecular formula is C24H28FN5O3. The van der Waals surface area contributed by atoms with Crippen LogP contribution in [-0.4, -0.2) is 52.4 Å². The molecule has 0 bridgehead atoms. The van der Waals surface area contributed by atoms with E-state index in [-0.39, 0.29) is 30.1 Å². The number of carbonyl (C=O) groups is 1. The molecule has 0 unspecified atom stereocenters. The van der Waals surface area contributed by atoms with Crippen molar-refractivity contribution in [2.45, 2.75) is 32.5 Å². The van der Waals surface area contributed by atoms with Gasteiger partial charge in [-0.15, -0.1) is 10.2 Å². The molecule has 0 saturated carbocycles. The maximum Gasteiger partial charge on any atom is 0.258 e. The number of carbonyl (C=O) groups excluding carboxylic acids is 1. The van der Waals surface area contributed by atoms with Gasteiger partial charge in [0.1, 0.15) is 11.6 Å². The van der Waals surface area contributed by atoms with Gasteiger partial charge in [0, 0.05) is 32.6 Å². The molecule has 174 valence electrons.